The third kappa shape index (κ3) is 1.27. The molecule has 0 aromatic carbocycles. The van der Waals surface area contributed by atoms with Crippen molar-refractivity contribution in [2.24, 2.45) is 23.5 Å². The predicted molar refractivity (Wildman–Crippen MR) is 50.9 cm³/mol. The molecular formula is C10H20N2. The number of hydrogen-bond acceptors (Lipinski definition) is 2. The van der Waals surface area contributed by atoms with Gasteiger partial charge < -0.3 is 10.6 Å². The van der Waals surface area contributed by atoms with Crippen LogP contribution in [0.15, 0.2) is 0 Å². The standard InChI is InChI=1S/C10H20N2/c1-12(2)6-9-7-3-4-8(5-7)10(9)11/h7-10H,3-6,11H2,1-2H3. The fraction of sp³-hybridized carbons (Fsp3) is 1.00. The van der Waals surface area contributed by atoms with E-state index in [1.807, 2.05) is 0 Å². The van der Waals surface area contributed by atoms with Crippen LogP contribution in [0.1, 0.15) is 19.3 Å². The molecular weight excluding hydrogens is 148 g/mol. The normalized spacial score (nSPS) is 46.0. The maximum Gasteiger partial charge on any atom is 0.0111 e. The van der Waals surface area contributed by atoms with Gasteiger partial charge in [0.2, 0.25) is 0 Å². The Morgan fingerprint density at radius 2 is 1.92 bits per heavy atom. The van der Waals surface area contributed by atoms with Crippen LogP contribution in [0.3, 0.4) is 0 Å². The first-order chi connectivity index (χ1) is 5.68. The van der Waals surface area contributed by atoms with E-state index in [-0.39, 0.29) is 0 Å². The highest BCUT2D eigenvalue weighted by atomic mass is 15.1. The van der Waals surface area contributed by atoms with Crippen molar-refractivity contribution in [1.29, 1.82) is 0 Å². The van der Waals surface area contributed by atoms with Crippen LogP contribution >= 0.6 is 0 Å². The van der Waals surface area contributed by atoms with Gasteiger partial charge in [0, 0.05) is 12.6 Å². The van der Waals surface area contributed by atoms with Gasteiger partial charge in [0.25, 0.3) is 0 Å². The first-order valence-electron chi connectivity index (χ1n) is 5.09. The fourth-order valence-electron chi connectivity index (χ4n) is 3.15. The zero-order valence-corrected chi connectivity index (χ0v) is 8.16. The summed E-state index contributed by atoms with van der Waals surface area (Å²) in [6.45, 7) is 1.20. The number of fused-ring (bicyclic) bond motifs is 2. The summed E-state index contributed by atoms with van der Waals surface area (Å²) in [7, 11) is 4.30. The van der Waals surface area contributed by atoms with Crippen LogP contribution in [0, 0.1) is 17.8 Å². The topological polar surface area (TPSA) is 29.3 Å². The molecule has 4 atom stereocenters. The molecule has 2 heteroatoms. The molecule has 0 amide bonds. The van der Waals surface area contributed by atoms with Gasteiger partial charge in [-0.1, -0.05) is 0 Å². The highest BCUT2D eigenvalue weighted by molar-refractivity contribution is 4.99. The highest BCUT2D eigenvalue weighted by Gasteiger charge is 2.45. The van der Waals surface area contributed by atoms with Gasteiger partial charge in [-0.25, -0.2) is 0 Å². The summed E-state index contributed by atoms with van der Waals surface area (Å²) in [6, 6.07) is 0.506. The first-order valence-corrected chi connectivity index (χ1v) is 5.09. The molecule has 2 aliphatic rings. The molecule has 12 heavy (non-hydrogen) atoms. The van der Waals surface area contributed by atoms with Crippen LogP contribution in [0.5, 0.6) is 0 Å². The van der Waals surface area contributed by atoms with Crippen LogP contribution in [-0.2, 0) is 0 Å². The Morgan fingerprint density at radius 1 is 1.25 bits per heavy atom. The Bertz CT molecular complexity index is 165. The maximum atomic E-state index is 6.19. The van der Waals surface area contributed by atoms with Gasteiger partial charge >= 0.3 is 0 Å². The van der Waals surface area contributed by atoms with Gasteiger partial charge in [0.15, 0.2) is 0 Å². The number of rotatable bonds is 2. The third-order valence-corrected chi connectivity index (χ3v) is 3.73. The number of nitrogens with zero attached hydrogens (tertiary/aromatic N) is 1. The Morgan fingerprint density at radius 3 is 2.42 bits per heavy atom. The van der Waals surface area contributed by atoms with Crippen LogP contribution in [0.25, 0.3) is 0 Å². The minimum atomic E-state index is 0.506. The van der Waals surface area contributed by atoms with E-state index in [0.29, 0.717) is 6.04 Å². The van der Waals surface area contributed by atoms with E-state index in [0.717, 1.165) is 17.8 Å². The predicted octanol–water partition coefficient (Wildman–Crippen LogP) is 0.921. The molecule has 0 radical (unpaired) electrons. The highest BCUT2D eigenvalue weighted by Crippen LogP contribution is 2.47. The summed E-state index contributed by atoms with van der Waals surface area (Å²) in [5.74, 6) is 2.60. The number of nitrogens with two attached hydrogens (primary N) is 1. The van der Waals surface area contributed by atoms with Crippen molar-refractivity contribution in [3.05, 3.63) is 0 Å². The average Bonchev–Trinajstić information content (AvgIpc) is 2.53. The Hall–Kier alpha value is -0.0800. The molecule has 2 fully saturated rings. The molecule has 2 nitrogen and oxygen atoms in total. The molecule has 2 aliphatic carbocycles. The molecule has 0 saturated heterocycles. The lowest BCUT2D eigenvalue weighted by molar-refractivity contribution is 0.221. The molecule has 2 rings (SSSR count). The molecule has 0 aliphatic heterocycles. The lowest BCUT2D eigenvalue weighted by Gasteiger charge is -2.30. The van der Waals surface area contributed by atoms with Crippen LogP contribution in [-0.4, -0.2) is 31.6 Å². The maximum absolute atomic E-state index is 6.19. The second kappa shape index (κ2) is 3.00. The zero-order chi connectivity index (χ0) is 8.72. The minimum absolute atomic E-state index is 0.506. The molecule has 2 N–H and O–H groups in total. The third-order valence-electron chi connectivity index (χ3n) is 3.73. The van der Waals surface area contributed by atoms with Crippen molar-refractivity contribution < 1.29 is 0 Å². The summed E-state index contributed by atoms with van der Waals surface area (Å²) in [5, 5.41) is 0. The molecule has 0 spiro atoms. The Balaban J connectivity index is 1.98. The largest absolute Gasteiger partial charge is 0.327 e. The summed E-state index contributed by atoms with van der Waals surface area (Å²) >= 11 is 0. The minimum Gasteiger partial charge on any atom is -0.327 e. The molecule has 0 heterocycles. The van der Waals surface area contributed by atoms with Gasteiger partial charge in [0.05, 0.1) is 0 Å². The molecule has 0 aromatic heterocycles. The molecule has 70 valence electrons. The van der Waals surface area contributed by atoms with Gasteiger partial charge in [-0.05, 0) is 51.1 Å². The van der Waals surface area contributed by atoms with Crippen molar-refractivity contribution in [2.45, 2.75) is 25.3 Å². The van der Waals surface area contributed by atoms with Gasteiger partial charge in [-0.2, -0.15) is 0 Å². The van der Waals surface area contributed by atoms with Gasteiger partial charge in [-0.3, -0.25) is 0 Å². The Labute approximate surface area is 75.1 Å². The lowest BCUT2D eigenvalue weighted by Crippen LogP contribution is -2.40. The van der Waals surface area contributed by atoms with E-state index >= 15 is 0 Å². The van der Waals surface area contributed by atoms with Crippen molar-refractivity contribution in [1.82, 2.24) is 4.90 Å². The van der Waals surface area contributed by atoms with Crippen molar-refractivity contribution in [2.75, 3.05) is 20.6 Å². The van der Waals surface area contributed by atoms with Crippen LogP contribution < -0.4 is 5.73 Å². The fourth-order valence-corrected chi connectivity index (χ4v) is 3.15. The summed E-state index contributed by atoms with van der Waals surface area (Å²) in [5.41, 5.74) is 6.19. The monoisotopic (exact) mass is 168 g/mol. The quantitative estimate of drug-likeness (QED) is 0.664. The van der Waals surface area contributed by atoms with Crippen molar-refractivity contribution in [3.8, 4) is 0 Å². The lowest BCUT2D eigenvalue weighted by atomic mass is 9.85. The number of hydrogen-bond donors (Lipinski definition) is 1. The summed E-state index contributed by atoms with van der Waals surface area (Å²) < 4.78 is 0. The zero-order valence-electron chi connectivity index (χ0n) is 8.16. The molecule has 0 aromatic rings. The second-order valence-electron chi connectivity index (χ2n) is 4.84. The van der Waals surface area contributed by atoms with E-state index < -0.39 is 0 Å². The Kier molecular flexibility index (Phi) is 2.13. The molecule has 2 saturated carbocycles. The van der Waals surface area contributed by atoms with E-state index in [4.69, 9.17) is 5.73 Å². The smallest absolute Gasteiger partial charge is 0.0111 e. The first kappa shape index (κ1) is 8.52. The van der Waals surface area contributed by atoms with Crippen molar-refractivity contribution >= 4 is 0 Å². The van der Waals surface area contributed by atoms with Crippen LogP contribution in [0.4, 0.5) is 0 Å². The second-order valence-corrected chi connectivity index (χ2v) is 4.84. The SMILES string of the molecule is CN(C)CC1C2CCC(C2)C1N. The van der Waals surface area contributed by atoms with Crippen LogP contribution in [0.2, 0.25) is 0 Å². The molecule has 2 bridgehead atoms. The van der Waals surface area contributed by atoms with E-state index in [1.54, 1.807) is 0 Å². The summed E-state index contributed by atoms with van der Waals surface area (Å²) in [6.07, 6.45) is 4.26. The average molecular weight is 168 g/mol. The van der Waals surface area contributed by atoms with Gasteiger partial charge in [-0.15, -0.1) is 0 Å². The van der Waals surface area contributed by atoms with Gasteiger partial charge in [0.1, 0.15) is 0 Å². The van der Waals surface area contributed by atoms with E-state index in [2.05, 4.69) is 19.0 Å². The molecule has 4 unspecified atom stereocenters. The summed E-state index contributed by atoms with van der Waals surface area (Å²) in [4.78, 5) is 2.28. The van der Waals surface area contributed by atoms with E-state index in [1.165, 1.54) is 25.8 Å². The van der Waals surface area contributed by atoms with Crippen molar-refractivity contribution in [3.63, 3.8) is 0 Å². The van der Waals surface area contributed by atoms with E-state index in [9.17, 15) is 0 Å².